The van der Waals surface area contributed by atoms with Gasteiger partial charge in [-0.25, -0.2) is 8.78 Å². The number of nitrogens with two attached hydrogens (primary N) is 1. The molecule has 0 amide bonds. The molecule has 0 radical (unpaired) electrons. The van der Waals surface area contributed by atoms with E-state index in [9.17, 15) is 8.78 Å². The fraction of sp³-hybridized carbons (Fsp3) is 0.200. The van der Waals surface area contributed by atoms with Crippen LogP contribution < -0.4 is 11.3 Å². The van der Waals surface area contributed by atoms with Crippen molar-refractivity contribution >= 4 is 27.7 Å². The molecule has 0 fully saturated rings. The van der Waals surface area contributed by atoms with Crippen molar-refractivity contribution in [3.05, 3.63) is 64.1 Å². The number of hydrazine groups is 1. The van der Waals surface area contributed by atoms with Gasteiger partial charge in [-0.2, -0.15) is 0 Å². The van der Waals surface area contributed by atoms with E-state index in [1.54, 1.807) is 6.07 Å². The molecule has 0 saturated heterocycles. The SMILES string of the molecule is NNC(CSc1cccc(F)c1)Cc1cc(F)cc(Br)c1. The fourth-order valence-corrected chi connectivity index (χ4v) is 3.42. The lowest BCUT2D eigenvalue weighted by Gasteiger charge is -2.16. The van der Waals surface area contributed by atoms with Crippen molar-refractivity contribution in [2.45, 2.75) is 17.4 Å². The van der Waals surface area contributed by atoms with Crippen LogP contribution in [0.5, 0.6) is 0 Å². The van der Waals surface area contributed by atoms with Crippen molar-refractivity contribution in [2.24, 2.45) is 5.84 Å². The predicted octanol–water partition coefficient (Wildman–Crippen LogP) is 3.89. The topological polar surface area (TPSA) is 38.0 Å². The average Bonchev–Trinajstić information content (AvgIpc) is 2.42. The Morgan fingerprint density at radius 2 is 1.95 bits per heavy atom. The maximum Gasteiger partial charge on any atom is 0.124 e. The lowest BCUT2D eigenvalue weighted by atomic mass is 10.1. The Morgan fingerprint density at radius 1 is 1.14 bits per heavy atom. The molecular formula is C15H15BrF2N2S. The number of thioether (sulfide) groups is 1. The van der Waals surface area contributed by atoms with Crippen LogP contribution in [0.1, 0.15) is 5.56 Å². The Kier molecular flexibility index (Phi) is 6.17. The lowest BCUT2D eigenvalue weighted by molar-refractivity contribution is 0.570. The van der Waals surface area contributed by atoms with Gasteiger partial charge in [0.2, 0.25) is 0 Å². The zero-order valence-corrected chi connectivity index (χ0v) is 13.6. The molecular weight excluding hydrogens is 358 g/mol. The van der Waals surface area contributed by atoms with Crippen molar-refractivity contribution in [2.75, 3.05) is 5.75 Å². The third-order valence-corrected chi connectivity index (χ3v) is 4.50. The summed E-state index contributed by atoms with van der Waals surface area (Å²) < 4.78 is 27.2. The Labute approximate surface area is 135 Å². The first-order valence-corrected chi connectivity index (χ1v) is 8.14. The Morgan fingerprint density at radius 3 is 2.62 bits per heavy atom. The number of hydrogen-bond donors (Lipinski definition) is 2. The van der Waals surface area contributed by atoms with E-state index in [0.29, 0.717) is 16.6 Å². The zero-order chi connectivity index (χ0) is 15.2. The second-order valence-electron chi connectivity index (χ2n) is 4.61. The van der Waals surface area contributed by atoms with Crippen molar-refractivity contribution in [1.82, 2.24) is 5.43 Å². The number of benzene rings is 2. The summed E-state index contributed by atoms with van der Waals surface area (Å²) in [4.78, 5) is 0.843. The van der Waals surface area contributed by atoms with Gasteiger partial charge in [0.25, 0.3) is 0 Å². The monoisotopic (exact) mass is 372 g/mol. The summed E-state index contributed by atoms with van der Waals surface area (Å²) in [5.74, 6) is 5.67. The van der Waals surface area contributed by atoms with Crippen molar-refractivity contribution < 1.29 is 8.78 Å². The quantitative estimate of drug-likeness (QED) is 0.458. The summed E-state index contributed by atoms with van der Waals surface area (Å²) in [5, 5.41) is 0. The standard InChI is InChI=1S/C15H15BrF2N2S/c16-11-4-10(5-13(18)7-11)6-14(20-19)9-21-15-3-1-2-12(17)8-15/h1-5,7-8,14,20H,6,9,19H2. The molecule has 2 aromatic rings. The first-order chi connectivity index (χ1) is 10.1. The van der Waals surface area contributed by atoms with Crippen LogP contribution in [0.15, 0.2) is 51.8 Å². The predicted molar refractivity (Wildman–Crippen MR) is 86.0 cm³/mol. The first-order valence-electron chi connectivity index (χ1n) is 6.36. The number of hydrogen-bond acceptors (Lipinski definition) is 3. The summed E-state index contributed by atoms with van der Waals surface area (Å²) in [6.45, 7) is 0. The smallest absolute Gasteiger partial charge is 0.124 e. The van der Waals surface area contributed by atoms with E-state index >= 15 is 0 Å². The molecule has 0 aliphatic heterocycles. The van der Waals surface area contributed by atoms with Crippen molar-refractivity contribution in [1.29, 1.82) is 0 Å². The van der Waals surface area contributed by atoms with Crippen LogP contribution in [-0.2, 0) is 6.42 Å². The number of rotatable bonds is 6. The molecule has 0 spiro atoms. The number of nitrogens with one attached hydrogen (secondary N) is 1. The second kappa shape index (κ2) is 7.89. The molecule has 0 bridgehead atoms. The molecule has 3 N–H and O–H groups in total. The highest BCUT2D eigenvalue weighted by Crippen LogP contribution is 2.21. The summed E-state index contributed by atoms with van der Waals surface area (Å²) in [7, 11) is 0. The average molecular weight is 373 g/mol. The van der Waals surface area contributed by atoms with Crippen LogP contribution in [0, 0.1) is 11.6 Å². The van der Waals surface area contributed by atoms with Gasteiger partial charge in [-0.3, -0.25) is 11.3 Å². The Bertz CT molecular complexity index is 590. The van der Waals surface area contributed by atoms with Gasteiger partial charge in [0.05, 0.1) is 0 Å². The third-order valence-electron chi connectivity index (χ3n) is 2.89. The summed E-state index contributed by atoms with van der Waals surface area (Å²) in [6.07, 6.45) is 0.592. The summed E-state index contributed by atoms with van der Waals surface area (Å²) in [5.41, 5.74) is 3.57. The van der Waals surface area contributed by atoms with Crippen LogP contribution in [0.3, 0.4) is 0 Å². The van der Waals surface area contributed by atoms with E-state index < -0.39 is 0 Å². The van der Waals surface area contributed by atoms with Crippen LogP contribution in [0.25, 0.3) is 0 Å². The van der Waals surface area contributed by atoms with Crippen LogP contribution in [-0.4, -0.2) is 11.8 Å². The van der Waals surface area contributed by atoms with Crippen LogP contribution >= 0.6 is 27.7 Å². The van der Waals surface area contributed by atoms with E-state index in [4.69, 9.17) is 5.84 Å². The van der Waals surface area contributed by atoms with Gasteiger partial charge in [0.15, 0.2) is 0 Å². The molecule has 0 aliphatic rings. The molecule has 2 aromatic carbocycles. The van der Waals surface area contributed by atoms with E-state index in [0.717, 1.165) is 10.5 Å². The highest BCUT2D eigenvalue weighted by Gasteiger charge is 2.10. The Balaban J connectivity index is 1.96. The molecule has 21 heavy (non-hydrogen) atoms. The van der Waals surface area contributed by atoms with Crippen molar-refractivity contribution in [3.8, 4) is 0 Å². The highest BCUT2D eigenvalue weighted by molar-refractivity contribution is 9.10. The Hall–Kier alpha value is -0.950. The maximum atomic E-state index is 13.3. The molecule has 1 unspecified atom stereocenters. The first kappa shape index (κ1) is 16.4. The molecule has 0 aliphatic carbocycles. The summed E-state index contributed by atoms with van der Waals surface area (Å²) >= 11 is 4.78. The fourth-order valence-electron chi connectivity index (χ4n) is 1.93. The molecule has 0 saturated carbocycles. The van der Waals surface area contributed by atoms with Gasteiger partial charge >= 0.3 is 0 Å². The normalized spacial score (nSPS) is 12.4. The van der Waals surface area contributed by atoms with E-state index in [1.807, 2.05) is 12.1 Å². The van der Waals surface area contributed by atoms with Gasteiger partial charge in [-0.1, -0.05) is 22.0 Å². The molecule has 0 heterocycles. The number of halogens is 3. The van der Waals surface area contributed by atoms with Gasteiger partial charge in [-0.15, -0.1) is 11.8 Å². The molecule has 2 rings (SSSR count). The van der Waals surface area contributed by atoms with Gasteiger partial charge in [0.1, 0.15) is 11.6 Å². The third kappa shape index (κ3) is 5.39. The zero-order valence-electron chi connectivity index (χ0n) is 11.2. The molecule has 2 nitrogen and oxygen atoms in total. The largest absolute Gasteiger partial charge is 0.271 e. The molecule has 112 valence electrons. The molecule has 6 heteroatoms. The second-order valence-corrected chi connectivity index (χ2v) is 6.62. The molecule has 0 aromatic heterocycles. The van der Waals surface area contributed by atoms with E-state index in [1.165, 1.54) is 36.0 Å². The van der Waals surface area contributed by atoms with Gasteiger partial charge < -0.3 is 0 Å². The van der Waals surface area contributed by atoms with E-state index in [-0.39, 0.29) is 17.7 Å². The minimum atomic E-state index is -0.284. The highest BCUT2D eigenvalue weighted by atomic mass is 79.9. The summed E-state index contributed by atoms with van der Waals surface area (Å²) in [6, 6.07) is 11.1. The van der Waals surface area contributed by atoms with Crippen molar-refractivity contribution in [3.63, 3.8) is 0 Å². The minimum absolute atomic E-state index is 0.0352. The lowest BCUT2D eigenvalue weighted by Crippen LogP contribution is -2.38. The van der Waals surface area contributed by atoms with Gasteiger partial charge in [0, 0.05) is 21.2 Å². The maximum absolute atomic E-state index is 13.3. The van der Waals surface area contributed by atoms with E-state index in [2.05, 4.69) is 21.4 Å². The minimum Gasteiger partial charge on any atom is -0.271 e. The molecule has 1 atom stereocenters. The van der Waals surface area contributed by atoms with Crippen LogP contribution in [0.4, 0.5) is 8.78 Å². The van der Waals surface area contributed by atoms with Gasteiger partial charge in [-0.05, 0) is 48.4 Å². The van der Waals surface area contributed by atoms with Crippen LogP contribution in [0.2, 0.25) is 0 Å².